The van der Waals surface area contributed by atoms with Crippen LogP contribution in [0.25, 0.3) is 11.1 Å². The van der Waals surface area contributed by atoms with Crippen LogP contribution in [0.2, 0.25) is 0 Å². The molecule has 1 unspecified atom stereocenters. The second-order valence-corrected chi connectivity index (χ2v) is 9.84. The molecule has 0 N–H and O–H groups in total. The summed E-state index contributed by atoms with van der Waals surface area (Å²) in [6, 6.07) is 12.9. The molecule has 0 bridgehead atoms. The first kappa shape index (κ1) is 21.1. The Labute approximate surface area is 198 Å². The highest BCUT2D eigenvalue weighted by atomic mass is 19.1. The number of anilines is 1. The van der Waals surface area contributed by atoms with Gasteiger partial charge in [-0.15, -0.1) is 0 Å². The van der Waals surface area contributed by atoms with Crippen LogP contribution in [-0.4, -0.2) is 39.6 Å². The smallest absolute Gasteiger partial charge is 0.239 e. The van der Waals surface area contributed by atoms with E-state index < -0.39 is 5.41 Å². The fourth-order valence-electron chi connectivity index (χ4n) is 5.66. The average Bonchev–Trinajstić information content (AvgIpc) is 3.49. The van der Waals surface area contributed by atoms with Crippen LogP contribution in [0.1, 0.15) is 36.8 Å². The van der Waals surface area contributed by atoms with E-state index in [1.54, 1.807) is 21.8 Å². The normalized spacial score (nSPS) is 21.9. The first-order chi connectivity index (χ1) is 16.5. The number of fused-ring (bicyclic) bond motifs is 2. The molecule has 2 aliphatic heterocycles. The van der Waals surface area contributed by atoms with Crippen molar-refractivity contribution < 1.29 is 14.0 Å². The lowest BCUT2D eigenvalue weighted by Gasteiger charge is -2.30. The van der Waals surface area contributed by atoms with Crippen LogP contribution in [0.5, 0.6) is 0 Å². The van der Waals surface area contributed by atoms with Crippen molar-refractivity contribution in [2.45, 2.75) is 37.6 Å². The molecule has 2 aromatic carbocycles. The van der Waals surface area contributed by atoms with Crippen molar-refractivity contribution >= 4 is 17.5 Å². The van der Waals surface area contributed by atoms with Crippen molar-refractivity contribution in [3.8, 4) is 11.1 Å². The first-order valence-corrected chi connectivity index (χ1v) is 11.9. The predicted octanol–water partition coefficient (Wildman–Crippen LogP) is 4.04. The molecule has 3 heterocycles. The number of aromatic nitrogens is 2. The topological polar surface area (TPSA) is 58.4 Å². The van der Waals surface area contributed by atoms with Crippen LogP contribution >= 0.6 is 0 Å². The largest absolute Gasteiger partial charge is 0.341 e. The molecule has 1 aliphatic carbocycles. The number of aryl methyl sites for hydroxylation is 1. The van der Waals surface area contributed by atoms with Crippen molar-refractivity contribution in [2.75, 3.05) is 18.0 Å². The Morgan fingerprint density at radius 3 is 2.71 bits per heavy atom. The van der Waals surface area contributed by atoms with Gasteiger partial charge >= 0.3 is 0 Å². The van der Waals surface area contributed by atoms with Crippen molar-refractivity contribution in [1.82, 2.24) is 14.7 Å². The number of amides is 2. The van der Waals surface area contributed by atoms with Crippen molar-refractivity contribution in [2.24, 2.45) is 13.0 Å². The fourth-order valence-corrected chi connectivity index (χ4v) is 5.66. The zero-order valence-electron chi connectivity index (χ0n) is 19.2. The third-order valence-corrected chi connectivity index (χ3v) is 7.82. The van der Waals surface area contributed by atoms with Gasteiger partial charge in [-0.2, -0.15) is 5.10 Å². The van der Waals surface area contributed by atoms with E-state index >= 15 is 4.39 Å². The highest BCUT2D eigenvalue weighted by Gasteiger charge is 2.55. The number of rotatable bonds is 4. The molecule has 1 atom stereocenters. The van der Waals surface area contributed by atoms with Gasteiger partial charge in [-0.1, -0.05) is 36.8 Å². The Balaban J connectivity index is 1.29. The molecule has 7 heteroatoms. The molecular weight excluding hydrogens is 431 g/mol. The van der Waals surface area contributed by atoms with Crippen LogP contribution in [0.15, 0.2) is 54.9 Å². The lowest BCUT2D eigenvalue weighted by Crippen LogP contribution is -2.44. The summed E-state index contributed by atoms with van der Waals surface area (Å²) < 4.78 is 16.8. The quantitative estimate of drug-likeness (QED) is 0.593. The van der Waals surface area contributed by atoms with Crippen LogP contribution < -0.4 is 4.90 Å². The Kier molecular flexibility index (Phi) is 4.83. The second kappa shape index (κ2) is 7.79. The van der Waals surface area contributed by atoms with Crippen LogP contribution in [-0.2, 0) is 28.6 Å². The standard InChI is InChI=1S/C27H27FN4O2/c1-30-15-21(14-29-30)19-9-10-20(23(28)13-19)16-32-24-8-3-2-7-22(24)27(26(32)34)11-12-31(17-27)25(33)18-5-4-6-18/h2-3,7-10,13-15,18H,4-6,11-12,16-17H2,1H3. The van der Waals surface area contributed by atoms with Crippen LogP contribution in [0.3, 0.4) is 0 Å². The lowest BCUT2D eigenvalue weighted by atomic mass is 9.80. The van der Waals surface area contributed by atoms with Crippen molar-refractivity contribution in [1.29, 1.82) is 0 Å². The van der Waals surface area contributed by atoms with Crippen molar-refractivity contribution in [3.63, 3.8) is 0 Å². The summed E-state index contributed by atoms with van der Waals surface area (Å²) >= 11 is 0. The molecule has 1 saturated carbocycles. The summed E-state index contributed by atoms with van der Waals surface area (Å²) in [6.45, 7) is 1.17. The molecule has 6 nitrogen and oxygen atoms in total. The zero-order chi connectivity index (χ0) is 23.4. The number of likely N-dealkylation sites (tertiary alicyclic amines) is 1. The molecule has 3 aliphatic rings. The molecular formula is C27H27FN4O2. The number of nitrogens with zero attached hydrogens (tertiary/aromatic N) is 4. The minimum Gasteiger partial charge on any atom is -0.341 e. The number of hydrogen-bond donors (Lipinski definition) is 0. The van der Waals surface area contributed by atoms with Crippen molar-refractivity contribution in [3.05, 3.63) is 71.8 Å². The van der Waals surface area contributed by atoms with Crippen LogP contribution in [0.4, 0.5) is 10.1 Å². The Morgan fingerprint density at radius 2 is 2.00 bits per heavy atom. The van der Waals surface area contributed by atoms with Gasteiger partial charge in [-0.25, -0.2) is 4.39 Å². The maximum absolute atomic E-state index is 15.2. The van der Waals surface area contributed by atoms with E-state index in [2.05, 4.69) is 5.10 Å². The Hall–Kier alpha value is -3.48. The highest BCUT2D eigenvalue weighted by molar-refractivity contribution is 6.09. The summed E-state index contributed by atoms with van der Waals surface area (Å²) in [5.74, 6) is -0.0801. The zero-order valence-corrected chi connectivity index (χ0v) is 19.2. The second-order valence-electron chi connectivity index (χ2n) is 9.84. The van der Waals surface area contributed by atoms with Gasteiger partial charge in [0.2, 0.25) is 11.8 Å². The summed E-state index contributed by atoms with van der Waals surface area (Å²) in [5.41, 5.74) is 3.10. The maximum atomic E-state index is 15.2. The van der Waals surface area contributed by atoms with E-state index in [1.165, 1.54) is 6.07 Å². The predicted molar refractivity (Wildman–Crippen MR) is 126 cm³/mol. The van der Waals surface area contributed by atoms with Gasteiger partial charge in [0.25, 0.3) is 0 Å². The summed E-state index contributed by atoms with van der Waals surface area (Å²) in [5, 5.41) is 4.16. The molecule has 1 spiro atoms. The van der Waals surface area contributed by atoms with E-state index in [1.807, 2.05) is 48.5 Å². The average molecular weight is 459 g/mol. The van der Waals surface area contributed by atoms with Gasteiger partial charge in [0, 0.05) is 49.1 Å². The molecule has 2 amide bonds. The number of para-hydroxylation sites is 1. The molecule has 34 heavy (non-hydrogen) atoms. The minimum atomic E-state index is -0.734. The minimum absolute atomic E-state index is 0.0339. The fraction of sp³-hybridized carbons (Fsp3) is 0.370. The van der Waals surface area contributed by atoms with Gasteiger partial charge in [-0.3, -0.25) is 14.3 Å². The lowest BCUT2D eigenvalue weighted by molar-refractivity contribution is -0.137. The van der Waals surface area contributed by atoms with Gasteiger partial charge in [0.1, 0.15) is 5.82 Å². The molecule has 1 aromatic heterocycles. The molecule has 2 fully saturated rings. The SMILES string of the molecule is Cn1cc(-c2ccc(CN3C(=O)C4(CCN(C(=O)C5CCC5)C4)c4ccccc43)c(F)c2)cn1. The van der Waals surface area contributed by atoms with E-state index in [4.69, 9.17) is 0 Å². The third-order valence-electron chi connectivity index (χ3n) is 7.82. The number of carbonyl (C=O) groups excluding carboxylic acids is 2. The summed E-state index contributed by atoms with van der Waals surface area (Å²) in [7, 11) is 1.82. The van der Waals surface area contributed by atoms with E-state index in [0.717, 1.165) is 41.6 Å². The summed E-state index contributed by atoms with van der Waals surface area (Å²) in [4.78, 5) is 30.4. The molecule has 0 radical (unpaired) electrons. The number of carbonyl (C=O) groups is 2. The third kappa shape index (κ3) is 3.17. The van der Waals surface area contributed by atoms with Gasteiger partial charge in [0.15, 0.2) is 0 Å². The monoisotopic (exact) mass is 458 g/mol. The number of hydrogen-bond acceptors (Lipinski definition) is 3. The van der Waals surface area contributed by atoms with E-state index in [-0.39, 0.29) is 30.1 Å². The molecule has 3 aromatic rings. The maximum Gasteiger partial charge on any atom is 0.239 e. The van der Waals surface area contributed by atoms with Crippen LogP contribution in [0, 0.1) is 11.7 Å². The van der Waals surface area contributed by atoms with Gasteiger partial charge in [0.05, 0.1) is 18.2 Å². The van der Waals surface area contributed by atoms with E-state index in [9.17, 15) is 9.59 Å². The Bertz CT molecular complexity index is 1300. The number of halogens is 1. The molecule has 6 rings (SSSR count). The number of benzene rings is 2. The molecule has 174 valence electrons. The first-order valence-electron chi connectivity index (χ1n) is 11.9. The summed E-state index contributed by atoms with van der Waals surface area (Å²) in [6.07, 6.45) is 7.17. The molecule has 1 saturated heterocycles. The Morgan fingerprint density at radius 1 is 1.18 bits per heavy atom. The highest BCUT2D eigenvalue weighted by Crippen LogP contribution is 2.48. The van der Waals surface area contributed by atoms with E-state index in [0.29, 0.717) is 25.1 Å². The van der Waals surface area contributed by atoms with Gasteiger partial charge < -0.3 is 9.80 Å². The van der Waals surface area contributed by atoms with Gasteiger partial charge in [-0.05, 0) is 42.5 Å².